The van der Waals surface area contributed by atoms with Crippen LogP contribution < -0.4 is 0 Å². The Morgan fingerprint density at radius 3 is 1.55 bits per heavy atom. The van der Waals surface area contributed by atoms with E-state index >= 15 is 0 Å². The lowest BCUT2D eigenvalue weighted by Crippen LogP contribution is -2.30. The van der Waals surface area contributed by atoms with Crippen molar-refractivity contribution in [2.24, 2.45) is 17.3 Å². The standard InChI is InChI=1S/C11H20/c1-7-11(8-2,9(3)4)10(5)6/h1,9-10H,8H2,2-6H3. The Morgan fingerprint density at radius 2 is 1.55 bits per heavy atom. The van der Waals surface area contributed by atoms with E-state index in [1.54, 1.807) is 0 Å². The summed E-state index contributed by atoms with van der Waals surface area (Å²) >= 11 is 0. The van der Waals surface area contributed by atoms with Crippen molar-refractivity contribution < 1.29 is 0 Å². The van der Waals surface area contributed by atoms with Crippen LogP contribution in [0.1, 0.15) is 41.0 Å². The Labute approximate surface area is 71.4 Å². The monoisotopic (exact) mass is 152 g/mol. The van der Waals surface area contributed by atoms with Gasteiger partial charge in [-0.1, -0.05) is 40.5 Å². The number of hydrogen-bond acceptors (Lipinski definition) is 0. The highest BCUT2D eigenvalue weighted by Crippen LogP contribution is 2.38. The fourth-order valence-electron chi connectivity index (χ4n) is 1.92. The number of rotatable bonds is 3. The first kappa shape index (κ1) is 10.6. The molecule has 0 aliphatic rings. The fourth-order valence-corrected chi connectivity index (χ4v) is 1.92. The average molecular weight is 152 g/mol. The normalized spacial score (nSPS) is 12.2. The van der Waals surface area contributed by atoms with E-state index in [4.69, 9.17) is 6.42 Å². The van der Waals surface area contributed by atoms with E-state index in [1.165, 1.54) is 0 Å². The minimum absolute atomic E-state index is 0.111. The Morgan fingerprint density at radius 1 is 1.18 bits per heavy atom. The van der Waals surface area contributed by atoms with Crippen LogP contribution in [0.5, 0.6) is 0 Å². The van der Waals surface area contributed by atoms with E-state index in [1.807, 2.05) is 0 Å². The molecule has 0 rings (SSSR count). The molecule has 0 nitrogen and oxygen atoms in total. The Bertz CT molecular complexity index is 138. The maximum atomic E-state index is 5.57. The summed E-state index contributed by atoms with van der Waals surface area (Å²) in [5.41, 5.74) is 0.111. The zero-order valence-electron chi connectivity index (χ0n) is 8.44. The molecule has 0 N–H and O–H groups in total. The van der Waals surface area contributed by atoms with Crippen molar-refractivity contribution in [3.63, 3.8) is 0 Å². The second-order valence-electron chi connectivity index (χ2n) is 3.85. The lowest BCUT2D eigenvalue weighted by atomic mass is 9.68. The summed E-state index contributed by atoms with van der Waals surface area (Å²) in [5, 5.41) is 0. The topological polar surface area (TPSA) is 0 Å². The third-order valence-electron chi connectivity index (χ3n) is 2.91. The summed E-state index contributed by atoms with van der Waals surface area (Å²) < 4.78 is 0. The smallest absolute Gasteiger partial charge is 0.0355 e. The van der Waals surface area contributed by atoms with Gasteiger partial charge < -0.3 is 0 Å². The molecule has 64 valence electrons. The van der Waals surface area contributed by atoms with Crippen molar-refractivity contribution in [2.75, 3.05) is 0 Å². The second-order valence-corrected chi connectivity index (χ2v) is 3.85. The van der Waals surface area contributed by atoms with Crippen LogP contribution >= 0.6 is 0 Å². The van der Waals surface area contributed by atoms with Crippen LogP contribution in [0.2, 0.25) is 0 Å². The highest BCUT2D eigenvalue weighted by Gasteiger charge is 2.32. The summed E-state index contributed by atoms with van der Waals surface area (Å²) in [4.78, 5) is 0. The quantitative estimate of drug-likeness (QED) is 0.544. The Kier molecular flexibility index (Phi) is 3.66. The summed E-state index contributed by atoms with van der Waals surface area (Å²) in [5.74, 6) is 4.13. The van der Waals surface area contributed by atoms with Crippen LogP contribution in [0.4, 0.5) is 0 Å². The average Bonchev–Trinajstić information content (AvgIpc) is 1.90. The van der Waals surface area contributed by atoms with Gasteiger partial charge in [0, 0.05) is 5.41 Å². The molecule has 0 unspecified atom stereocenters. The first-order chi connectivity index (χ1) is 5.01. The van der Waals surface area contributed by atoms with Crippen LogP contribution in [-0.2, 0) is 0 Å². The first-order valence-corrected chi connectivity index (χ1v) is 4.49. The molecule has 0 heteroatoms. The minimum atomic E-state index is 0.111. The summed E-state index contributed by atoms with van der Waals surface area (Å²) in [6.07, 6.45) is 6.65. The maximum Gasteiger partial charge on any atom is 0.0355 e. The van der Waals surface area contributed by atoms with Gasteiger partial charge >= 0.3 is 0 Å². The molecule has 0 atom stereocenters. The SMILES string of the molecule is C#CC(CC)(C(C)C)C(C)C. The molecule has 0 bridgehead atoms. The van der Waals surface area contributed by atoms with Gasteiger partial charge in [-0.3, -0.25) is 0 Å². The predicted molar refractivity (Wildman–Crippen MR) is 51.2 cm³/mol. The second kappa shape index (κ2) is 3.81. The van der Waals surface area contributed by atoms with Crippen LogP contribution in [0.25, 0.3) is 0 Å². The fraction of sp³-hybridized carbons (Fsp3) is 0.818. The zero-order chi connectivity index (χ0) is 9.07. The molecule has 0 saturated carbocycles. The predicted octanol–water partition coefficient (Wildman–Crippen LogP) is 3.33. The molecular formula is C11H20. The van der Waals surface area contributed by atoms with Gasteiger partial charge in [0.05, 0.1) is 0 Å². The van der Waals surface area contributed by atoms with E-state index < -0.39 is 0 Å². The van der Waals surface area contributed by atoms with Gasteiger partial charge in [0.15, 0.2) is 0 Å². The minimum Gasteiger partial charge on any atom is -0.119 e. The van der Waals surface area contributed by atoms with Crippen molar-refractivity contribution in [3.8, 4) is 12.3 Å². The first-order valence-electron chi connectivity index (χ1n) is 4.49. The maximum absolute atomic E-state index is 5.57. The van der Waals surface area contributed by atoms with E-state index in [2.05, 4.69) is 40.5 Å². The van der Waals surface area contributed by atoms with Gasteiger partial charge in [-0.05, 0) is 18.3 Å². The van der Waals surface area contributed by atoms with Crippen molar-refractivity contribution in [3.05, 3.63) is 0 Å². The van der Waals surface area contributed by atoms with Crippen molar-refractivity contribution in [1.29, 1.82) is 0 Å². The van der Waals surface area contributed by atoms with Gasteiger partial charge in [-0.25, -0.2) is 0 Å². The molecule has 0 radical (unpaired) electrons. The van der Waals surface area contributed by atoms with Gasteiger partial charge in [0.25, 0.3) is 0 Å². The molecule has 0 heterocycles. The van der Waals surface area contributed by atoms with Crippen LogP contribution in [0.15, 0.2) is 0 Å². The lowest BCUT2D eigenvalue weighted by Gasteiger charge is -2.35. The summed E-state index contributed by atoms with van der Waals surface area (Å²) in [7, 11) is 0. The van der Waals surface area contributed by atoms with E-state index in [0.717, 1.165) is 6.42 Å². The van der Waals surface area contributed by atoms with Crippen LogP contribution in [0.3, 0.4) is 0 Å². The van der Waals surface area contributed by atoms with Crippen molar-refractivity contribution in [2.45, 2.75) is 41.0 Å². The van der Waals surface area contributed by atoms with Gasteiger partial charge in [0.2, 0.25) is 0 Å². The summed E-state index contributed by atoms with van der Waals surface area (Å²) in [6, 6.07) is 0. The van der Waals surface area contributed by atoms with E-state index in [0.29, 0.717) is 11.8 Å². The molecule has 0 amide bonds. The van der Waals surface area contributed by atoms with Crippen LogP contribution in [-0.4, -0.2) is 0 Å². The van der Waals surface area contributed by atoms with Crippen molar-refractivity contribution >= 4 is 0 Å². The van der Waals surface area contributed by atoms with Crippen molar-refractivity contribution in [1.82, 2.24) is 0 Å². The van der Waals surface area contributed by atoms with Gasteiger partial charge in [-0.2, -0.15) is 0 Å². The van der Waals surface area contributed by atoms with E-state index in [9.17, 15) is 0 Å². The zero-order valence-corrected chi connectivity index (χ0v) is 8.44. The molecule has 0 aliphatic heterocycles. The lowest BCUT2D eigenvalue weighted by molar-refractivity contribution is 0.185. The number of terminal acetylenes is 1. The molecule has 0 aromatic carbocycles. The molecule has 0 aliphatic carbocycles. The molecule has 0 fully saturated rings. The number of hydrogen-bond donors (Lipinski definition) is 0. The summed E-state index contributed by atoms with van der Waals surface area (Å²) in [6.45, 7) is 11.0. The van der Waals surface area contributed by atoms with Gasteiger partial charge in [0.1, 0.15) is 0 Å². The van der Waals surface area contributed by atoms with Gasteiger partial charge in [-0.15, -0.1) is 6.42 Å². The molecule has 0 aromatic rings. The molecule has 0 spiro atoms. The molecule has 0 aromatic heterocycles. The third kappa shape index (κ3) is 1.77. The Hall–Kier alpha value is -0.440. The van der Waals surface area contributed by atoms with E-state index in [-0.39, 0.29) is 5.41 Å². The molecular weight excluding hydrogens is 132 g/mol. The Balaban J connectivity index is 4.65. The van der Waals surface area contributed by atoms with Crippen LogP contribution in [0, 0.1) is 29.6 Å². The highest BCUT2D eigenvalue weighted by molar-refractivity contribution is 5.08. The molecule has 11 heavy (non-hydrogen) atoms. The third-order valence-corrected chi connectivity index (χ3v) is 2.91. The molecule has 0 saturated heterocycles. The largest absolute Gasteiger partial charge is 0.119 e. The highest BCUT2D eigenvalue weighted by atomic mass is 14.4.